The van der Waals surface area contributed by atoms with Crippen LogP contribution in [0.4, 0.5) is 8.78 Å². The molecule has 1 fully saturated rings. The molecule has 0 aliphatic heterocycles. The van der Waals surface area contributed by atoms with Crippen molar-refractivity contribution < 1.29 is 8.78 Å². The second-order valence-electron chi connectivity index (χ2n) is 6.05. The smallest absolute Gasteiger partial charge is 0.163 e. The lowest BCUT2D eigenvalue weighted by molar-refractivity contribution is 0.184. The van der Waals surface area contributed by atoms with Crippen molar-refractivity contribution in [3.05, 3.63) is 35.4 Å². The van der Waals surface area contributed by atoms with Gasteiger partial charge in [0.25, 0.3) is 0 Å². The van der Waals surface area contributed by atoms with Crippen molar-refractivity contribution in [2.45, 2.75) is 50.6 Å². The molecule has 0 saturated heterocycles. The molecular formula is C17H26F2N2. The third-order valence-corrected chi connectivity index (χ3v) is 4.67. The lowest BCUT2D eigenvalue weighted by Crippen LogP contribution is -2.35. The SMILES string of the molecule is CNC(CCN(C)C1CCCCC1)c1cccc(F)c1F. The number of nitrogens with one attached hydrogen (secondary N) is 1. The topological polar surface area (TPSA) is 15.3 Å². The van der Waals surface area contributed by atoms with Gasteiger partial charge in [-0.05, 0) is 46.0 Å². The molecule has 1 N–H and O–H groups in total. The van der Waals surface area contributed by atoms with Gasteiger partial charge in [0.2, 0.25) is 0 Å². The third kappa shape index (κ3) is 4.24. The van der Waals surface area contributed by atoms with E-state index in [9.17, 15) is 8.78 Å². The predicted molar refractivity (Wildman–Crippen MR) is 82.3 cm³/mol. The Hall–Kier alpha value is -1.00. The van der Waals surface area contributed by atoms with Crippen LogP contribution in [0.5, 0.6) is 0 Å². The van der Waals surface area contributed by atoms with E-state index in [1.807, 2.05) is 0 Å². The van der Waals surface area contributed by atoms with Gasteiger partial charge in [0.05, 0.1) is 0 Å². The van der Waals surface area contributed by atoms with E-state index in [2.05, 4.69) is 17.3 Å². The molecule has 1 aliphatic rings. The van der Waals surface area contributed by atoms with E-state index in [1.54, 1.807) is 19.2 Å². The van der Waals surface area contributed by atoms with Gasteiger partial charge in [-0.25, -0.2) is 8.78 Å². The van der Waals surface area contributed by atoms with Crippen molar-refractivity contribution in [2.24, 2.45) is 0 Å². The van der Waals surface area contributed by atoms with Gasteiger partial charge in [-0.2, -0.15) is 0 Å². The molecule has 1 aliphatic carbocycles. The Labute approximate surface area is 126 Å². The molecule has 21 heavy (non-hydrogen) atoms. The van der Waals surface area contributed by atoms with E-state index < -0.39 is 11.6 Å². The monoisotopic (exact) mass is 296 g/mol. The molecule has 2 rings (SSSR count). The molecule has 1 atom stereocenters. The minimum absolute atomic E-state index is 0.147. The molecule has 0 spiro atoms. The van der Waals surface area contributed by atoms with Crippen molar-refractivity contribution >= 4 is 0 Å². The van der Waals surface area contributed by atoms with Crippen molar-refractivity contribution in [2.75, 3.05) is 20.6 Å². The van der Waals surface area contributed by atoms with Gasteiger partial charge >= 0.3 is 0 Å². The second kappa shape index (κ2) is 7.85. The maximum absolute atomic E-state index is 13.9. The van der Waals surface area contributed by atoms with Gasteiger partial charge in [-0.1, -0.05) is 31.4 Å². The zero-order valence-electron chi connectivity index (χ0n) is 13.0. The van der Waals surface area contributed by atoms with Crippen LogP contribution >= 0.6 is 0 Å². The Bertz CT molecular complexity index is 444. The van der Waals surface area contributed by atoms with Crippen molar-refractivity contribution in [1.29, 1.82) is 0 Å². The van der Waals surface area contributed by atoms with E-state index >= 15 is 0 Å². The van der Waals surface area contributed by atoms with Crippen LogP contribution in [0.25, 0.3) is 0 Å². The molecule has 0 amide bonds. The molecule has 2 nitrogen and oxygen atoms in total. The summed E-state index contributed by atoms with van der Waals surface area (Å²) in [6.45, 7) is 0.895. The summed E-state index contributed by atoms with van der Waals surface area (Å²) in [6.07, 6.45) is 7.26. The third-order valence-electron chi connectivity index (χ3n) is 4.67. The molecule has 0 bridgehead atoms. The van der Waals surface area contributed by atoms with Crippen molar-refractivity contribution in [3.63, 3.8) is 0 Å². The van der Waals surface area contributed by atoms with Crippen LogP contribution < -0.4 is 5.32 Å². The zero-order chi connectivity index (χ0) is 15.2. The van der Waals surface area contributed by atoms with Crippen LogP contribution in [0.3, 0.4) is 0 Å². The fourth-order valence-corrected chi connectivity index (χ4v) is 3.28. The first-order chi connectivity index (χ1) is 10.1. The number of halogens is 2. The highest BCUT2D eigenvalue weighted by Crippen LogP contribution is 2.25. The molecule has 4 heteroatoms. The van der Waals surface area contributed by atoms with Crippen LogP contribution in [0.1, 0.15) is 50.1 Å². The summed E-state index contributed by atoms with van der Waals surface area (Å²) in [5.41, 5.74) is 0.426. The standard InChI is InChI=1S/C17H26F2N2/c1-20-16(14-9-6-10-15(18)17(14)19)11-12-21(2)13-7-4-3-5-8-13/h6,9-10,13,16,20H,3-5,7-8,11-12H2,1-2H3. The van der Waals surface area contributed by atoms with Gasteiger partial charge in [0.15, 0.2) is 11.6 Å². The summed E-state index contributed by atoms with van der Waals surface area (Å²) in [6, 6.07) is 4.91. The van der Waals surface area contributed by atoms with E-state index in [0.717, 1.165) is 13.0 Å². The van der Waals surface area contributed by atoms with E-state index in [0.29, 0.717) is 11.6 Å². The molecule has 1 aromatic carbocycles. The number of benzene rings is 1. The Morgan fingerprint density at radius 2 is 1.95 bits per heavy atom. The van der Waals surface area contributed by atoms with Crippen LogP contribution in [-0.4, -0.2) is 31.6 Å². The summed E-state index contributed by atoms with van der Waals surface area (Å²) in [7, 11) is 3.94. The minimum atomic E-state index is -0.770. The first kappa shape index (κ1) is 16.4. The van der Waals surface area contributed by atoms with Crippen LogP contribution in [0.15, 0.2) is 18.2 Å². The first-order valence-corrected chi connectivity index (χ1v) is 7.95. The van der Waals surface area contributed by atoms with Crippen LogP contribution in [-0.2, 0) is 0 Å². The van der Waals surface area contributed by atoms with Crippen molar-refractivity contribution in [3.8, 4) is 0 Å². The summed E-state index contributed by atoms with van der Waals surface area (Å²) in [4.78, 5) is 2.38. The largest absolute Gasteiger partial charge is 0.313 e. The van der Waals surface area contributed by atoms with Crippen LogP contribution in [0, 0.1) is 11.6 Å². The Balaban J connectivity index is 1.94. The summed E-state index contributed by atoms with van der Waals surface area (Å²) in [5.74, 6) is -1.49. The Morgan fingerprint density at radius 1 is 1.24 bits per heavy atom. The first-order valence-electron chi connectivity index (χ1n) is 7.95. The van der Waals surface area contributed by atoms with E-state index in [1.165, 1.54) is 38.2 Å². The molecule has 1 aromatic rings. The molecule has 0 radical (unpaired) electrons. The molecule has 1 saturated carbocycles. The Morgan fingerprint density at radius 3 is 2.62 bits per heavy atom. The van der Waals surface area contributed by atoms with Gasteiger partial charge in [-0.3, -0.25) is 0 Å². The predicted octanol–water partition coefficient (Wildman–Crippen LogP) is 3.88. The quantitative estimate of drug-likeness (QED) is 0.857. The normalized spacial score (nSPS) is 18.1. The number of nitrogens with zero attached hydrogens (tertiary/aromatic N) is 1. The molecule has 0 heterocycles. The lowest BCUT2D eigenvalue weighted by atomic mass is 9.94. The summed E-state index contributed by atoms with van der Waals surface area (Å²) in [5, 5.41) is 3.11. The number of hydrogen-bond donors (Lipinski definition) is 1. The summed E-state index contributed by atoms with van der Waals surface area (Å²) < 4.78 is 27.2. The second-order valence-corrected chi connectivity index (χ2v) is 6.05. The fraction of sp³-hybridized carbons (Fsp3) is 0.647. The van der Waals surface area contributed by atoms with E-state index in [4.69, 9.17) is 0 Å². The number of hydrogen-bond acceptors (Lipinski definition) is 2. The van der Waals surface area contributed by atoms with Crippen molar-refractivity contribution in [1.82, 2.24) is 10.2 Å². The zero-order valence-corrected chi connectivity index (χ0v) is 13.0. The van der Waals surface area contributed by atoms with Crippen LogP contribution in [0.2, 0.25) is 0 Å². The average molecular weight is 296 g/mol. The molecular weight excluding hydrogens is 270 g/mol. The number of rotatable bonds is 6. The summed E-state index contributed by atoms with van der Waals surface area (Å²) >= 11 is 0. The molecule has 118 valence electrons. The highest BCUT2D eigenvalue weighted by molar-refractivity contribution is 5.22. The average Bonchev–Trinajstić information content (AvgIpc) is 2.52. The van der Waals surface area contributed by atoms with E-state index in [-0.39, 0.29) is 6.04 Å². The minimum Gasteiger partial charge on any atom is -0.313 e. The highest BCUT2D eigenvalue weighted by atomic mass is 19.2. The lowest BCUT2D eigenvalue weighted by Gasteiger charge is -2.32. The Kier molecular flexibility index (Phi) is 6.12. The van der Waals surface area contributed by atoms with Gasteiger partial charge in [0.1, 0.15) is 0 Å². The fourth-order valence-electron chi connectivity index (χ4n) is 3.28. The maximum atomic E-state index is 13.9. The van der Waals surface area contributed by atoms with Gasteiger partial charge in [0, 0.05) is 17.6 Å². The van der Waals surface area contributed by atoms with Gasteiger partial charge in [-0.15, -0.1) is 0 Å². The maximum Gasteiger partial charge on any atom is 0.163 e. The van der Waals surface area contributed by atoms with Gasteiger partial charge < -0.3 is 10.2 Å². The highest BCUT2D eigenvalue weighted by Gasteiger charge is 2.21. The molecule has 0 aromatic heterocycles. The molecule has 1 unspecified atom stereocenters.